The average Bonchev–Trinajstić information content (AvgIpc) is 2.85. The van der Waals surface area contributed by atoms with E-state index in [0.717, 1.165) is 30.4 Å². The predicted octanol–water partition coefficient (Wildman–Crippen LogP) is 2.71. The summed E-state index contributed by atoms with van der Waals surface area (Å²) in [4.78, 5) is 8.94. The third-order valence-electron chi connectivity index (χ3n) is 2.97. The molecule has 6 heteroatoms. The van der Waals surface area contributed by atoms with E-state index in [1.54, 1.807) is 6.20 Å². The SMILES string of the molecule is CCNc1cn2ccnc2c(NCC(C)(C)SC)n1. The zero-order valence-electron chi connectivity index (χ0n) is 11.9. The van der Waals surface area contributed by atoms with E-state index in [1.807, 2.05) is 28.6 Å². The monoisotopic (exact) mass is 279 g/mol. The van der Waals surface area contributed by atoms with Crippen molar-refractivity contribution in [1.82, 2.24) is 14.4 Å². The van der Waals surface area contributed by atoms with Gasteiger partial charge in [0.2, 0.25) is 0 Å². The summed E-state index contributed by atoms with van der Waals surface area (Å²) in [6, 6.07) is 0. The van der Waals surface area contributed by atoms with Gasteiger partial charge in [0.25, 0.3) is 0 Å². The summed E-state index contributed by atoms with van der Waals surface area (Å²) >= 11 is 1.84. The minimum atomic E-state index is 0.166. The van der Waals surface area contributed by atoms with E-state index in [2.05, 4.69) is 47.6 Å². The van der Waals surface area contributed by atoms with E-state index in [9.17, 15) is 0 Å². The predicted molar refractivity (Wildman–Crippen MR) is 83.2 cm³/mol. The maximum atomic E-state index is 4.59. The Kier molecular flexibility index (Phi) is 4.19. The summed E-state index contributed by atoms with van der Waals surface area (Å²) in [7, 11) is 0. The van der Waals surface area contributed by atoms with Gasteiger partial charge in [-0.25, -0.2) is 9.97 Å². The molecule has 2 heterocycles. The van der Waals surface area contributed by atoms with Crippen molar-refractivity contribution in [3.8, 4) is 0 Å². The molecule has 0 radical (unpaired) electrons. The molecule has 5 nitrogen and oxygen atoms in total. The summed E-state index contributed by atoms with van der Waals surface area (Å²) in [6.07, 6.45) is 7.80. The van der Waals surface area contributed by atoms with Crippen molar-refractivity contribution in [3.05, 3.63) is 18.6 Å². The first-order valence-electron chi connectivity index (χ1n) is 6.42. The van der Waals surface area contributed by atoms with E-state index < -0.39 is 0 Å². The van der Waals surface area contributed by atoms with E-state index in [1.165, 1.54) is 0 Å². The van der Waals surface area contributed by atoms with Crippen LogP contribution in [0.2, 0.25) is 0 Å². The lowest BCUT2D eigenvalue weighted by Gasteiger charge is -2.22. The normalized spacial score (nSPS) is 11.8. The van der Waals surface area contributed by atoms with Crippen LogP contribution in [-0.2, 0) is 0 Å². The first-order valence-corrected chi connectivity index (χ1v) is 7.65. The molecular formula is C13H21N5S. The highest BCUT2D eigenvalue weighted by Crippen LogP contribution is 2.23. The molecule has 0 saturated heterocycles. The molecule has 2 rings (SSSR count). The Hall–Kier alpha value is -1.43. The molecule has 104 valence electrons. The number of hydrogen-bond donors (Lipinski definition) is 2. The van der Waals surface area contributed by atoms with E-state index in [0.29, 0.717) is 0 Å². The van der Waals surface area contributed by atoms with Crippen molar-refractivity contribution >= 4 is 29.0 Å². The van der Waals surface area contributed by atoms with Crippen LogP contribution in [0.5, 0.6) is 0 Å². The Morgan fingerprint density at radius 1 is 1.37 bits per heavy atom. The highest BCUT2D eigenvalue weighted by Gasteiger charge is 2.17. The fourth-order valence-corrected chi connectivity index (χ4v) is 1.90. The van der Waals surface area contributed by atoms with E-state index in [4.69, 9.17) is 0 Å². The van der Waals surface area contributed by atoms with Crippen molar-refractivity contribution in [3.63, 3.8) is 0 Å². The molecule has 2 aromatic rings. The molecule has 0 amide bonds. The number of imidazole rings is 1. The number of rotatable bonds is 6. The van der Waals surface area contributed by atoms with Crippen LogP contribution in [0.4, 0.5) is 11.6 Å². The Labute approximate surface area is 118 Å². The number of hydrogen-bond acceptors (Lipinski definition) is 5. The second kappa shape index (κ2) is 5.69. The topological polar surface area (TPSA) is 54.2 Å². The Morgan fingerprint density at radius 2 is 2.16 bits per heavy atom. The minimum Gasteiger partial charge on any atom is -0.369 e. The standard InChI is InChI=1S/C13H21N5S/c1-5-14-10-8-18-7-6-15-12(18)11(17-10)16-9-13(2,3)19-4/h6-8,14H,5,9H2,1-4H3,(H,16,17). The van der Waals surface area contributed by atoms with Crippen LogP contribution in [-0.4, -0.2) is 38.5 Å². The number of thioether (sulfide) groups is 1. The molecule has 0 saturated carbocycles. The lowest BCUT2D eigenvalue weighted by molar-refractivity contribution is 0.750. The summed E-state index contributed by atoms with van der Waals surface area (Å²) < 4.78 is 2.15. The lowest BCUT2D eigenvalue weighted by atomic mass is 10.2. The van der Waals surface area contributed by atoms with E-state index >= 15 is 0 Å². The quantitative estimate of drug-likeness (QED) is 0.851. The molecule has 2 aromatic heterocycles. The second-order valence-corrected chi connectivity index (χ2v) is 6.49. The smallest absolute Gasteiger partial charge is 0.180 e. The first-order chi connectivity index (χ1) is 9.05. The van der Waals surface area contributed by atoms with Gasteiger partial charge in [-0.05, 0) is 27.0 Å². The average molecular weight is 279 g/mol. The first kappa shape index (κ1) is 14.0. The van der Waals surface area contributed by atoms with Crippen molar-refractivity contribution in [1.29, 1.82) is 0 Å². The zero-order chi connectivity index (χ0) is 13.9. The molecule has 0 aliphatic carbocycles. The van der Waals surface area contributed by atoms with Gasteiger partial charge in [-0.3, -0.25) is 0 Å². The van der Waals surface area contributed by atoms with Crippen LogP contribution in [0.15, 0.2) is 18.6 Å². The number of nitrogens with zero attached hydrogens (tertiary/aromatic N) is 3. The Bertz CT molecular complexity index is 549. The molecule has 0 aromatic carbocycles. The number of fused-ring (bicyclic) bond motifs is 1. The van der Waals surface area contributed by atoms with E-state index in [-0.39, 0.29) is 4.75 Å². The fraction of sp³-hybridized carbons (Fsp3) is 0.538. The zero-order valence-corrected chi connectivity index (χ0v) is 12.7. The lowest BCUT2D eigenvalue weighted by Crippen LogP contribution is -2.26. The minimum absolute atomic E-state index is 0.166. The van der Waals surface area contributed by atoms with Gasteiger partial charge in [-0.15, -0.1) is 0 Å². The van der Waals surface area contributed by atoms with Crippen LogP contribution in [0.1, 0.15) is 20.8 Å². The van der Waals surface area contributed by atoms with Crippen LogP contribution >= 0.6 is 11.8 Å². The molecule has 0 unspecified atom stereocenters. The molecule has 19 heavy (non-hydrogen) atoms. The second-order valence-electron chi connectivity index (χ2n) is 4.98. The highest BCUT2D eigenvalue weighted by molar-refractivity contribution is 7.99. The third kappa shape index (κ3) is 3.32. The van der Waals surface area contributed by atoms with Gasteiger partial charge >= 0.3 is 0 Å². The molecule has 0 aliphatic heterocycles. The number of anilines is 2. The number of nitrogens with one attached hydrogen (secondary N) is 2. The van der Waals surface area contributed by atoms with Gasteiger partial charge in [-0.1, -0.05) is 0 Å². The summed E-state index contributed by atoms with van der Waals surface area (Å²) in [5.41, 5.74) is 0.860. The molecule has 0 fully saturated rings. The molecule has 0 atom stereocenters. The van der Waals surface area contributed by atoms with Gasteiger partial charge in [0.1, 0.15) is 5.82 Å². The maximum Gasteiger partial charge on any atom is 0.180 e. The van der Waals surface area contributed by atoms with Crippen molar-refractivity contribution in [2.45, 2.75) is 25.5 Å². The summed E-state index contributed by atoms with van der Waals surface area (Å²) in [6.45, 7) is 8.18. The molecule has 0 bridgehead atoms. The Balaban J connectivity index is 2.27. The third-order valence-corrected chi connectivity index (χ3v) is 4.22. The van der Waals surface area contributed by atoms with Gasteiger partial charge in [0.05, 0.1) is 6.20 Å². The summed E-state index contributed by atoms with van der Waals surface area (Å²) in [5, 5.41) is 6.64. The molecule has 2 N–H and O–H groups in total. The van der Waals surface area contributed by atoms with Crippen LogP contribution in [0.25, 0.3) is 5.65 Å². The molecular weight excluding hydrogens is 258 g/mol. The van der Waals surface area contributed by atoms with Gasteiger partial charge in [0, 0.05) is 30.2 Å². The van der Waals surface area contributed by atoms with Crippen molar-refractivity contribution in [2.24, 2.45) is 0 Å². The van der Waals surface area contributed by atoms with Crippen LogP contribution in [0, 0.1) is 0 Å². The molecule has 0 aliphatic rings. The highest BCUT2D eigenvalue weighted by atomic mass is 32.2. The molecule has 0 spiro atoms. The Morgan fingerprint density at radius 3 is 2.84 bits per heavy atom. The van der Waals surface area contributed by atoms with Crippen molar-refractivity contribution in [2.75, 3.05) is 30.0 Å². The van der Waals surface area contributed by atoms with Crippen LogP contribution < -0.4 is 10.6 Å². The van der Waals surface area contributed by atoms with Gasteiger partial charge < -0.3 is 15.0 Å². The number of aromatic nitrogens is 3. The summed E-state index contributed by atoms with van der Waals surface area (Å²) in [5.74, 6) is 1.68. The van der Waals surface area contributed by atoms with Gasteiger partial charge in [-0.2, -0.15) is 11.8 Å². The van der Waals surface area contributed by atoms with Gasteiger partial charge in [0.15, 0.2) is 11.5 Å². The van der Waals surface area contributed by atoms with Crippen LogP contribution in [0.3, 0.4) is 0 Å². The van der Waals surface area contributed by atoms with Crippen molar-refractivity contribution < 1.29 is 0 Å². The fourth-order valence-electron chi connectivity index (χ4n) is 1.69. The largest absolute Gasteiger partial charge is 0.369 e. The maximum absolute atomic E-state index is 4.59.